The average molecular weight is 154 g/mol. The van der Waals surface area contributed by atoms with E-state index in [0.29, 0.717) is 6.10 Å². The quantitative estimate of drug-likeness (QED) is 0.521. The first-order valence-corrected chi connectivity index (χ1v) is 4.89. The minimum Gasteiger partial charge on any atom is -0.378 e. The molecular formula is C10H18O. The average Bonchev–Trinajstić information content (AvgIpc) is 2.32. The summed E-state index contributed by atoms with van der Waals surface area (Å²) in [5.74, 6) is 2.63. The van der Waals surface area contributed by atoms with Gasteiger partial charge in [-0.1, -0.05) is 20.3 Å². The molecule has 1 unspecified atom stereocenters. The zero-order valence-electron chi connectivity index (χ0n) is 7.55. The molecule has 0 bridgehead atoms. The van der Waals surface area contributed by atoms with Gasteiger partial charge in [0.15, 0.2) is 0 Å². The highest BCUT2D eigenvalue weighted by Gasteiger charge is 2.37. The summed E-state index contributed by atoms with van der Waals surface area (Å²) >= 11 is 0. The first-order valence-electron chi connectivity index (χ1n) is 4.89. The molecule has 4 atom stereocenters. The Bertz CT molecular complexity index is 144. The molecule has 1 nitrogen and oxygen atoms in total. The fraction of sp³-hybridized carbons (Fsp3) is 1.00. The first kappa shape index (κ1) is 7.60. The van der Waals surface area contributed by atoms with Gasteiger partial charge in [-0.2, -0.15) is 0 Å². The lowest BCUT2D eigenvalue weighted by atomic mass is 9.77. The number of hydrogen-bond donors (Lipinski definition) is 0. The normalized spacial score (nSPS) is 50.7. The molecule has 2 fully saturated rings. The summed E-state index contributed by atoms with van der Waals surface area (Å²) in [4.78, 5) is 0. The molecule has 0 radical (unpaired) electrons. The molecule has 0 aromatic rings. The van der Waals surface area contributed by atoms with Crippen LogP contribution in [0.2, 0.25) is 0 Å². The maximum absolute atomic E-state index is 5.74. The van der Waals surface area contributed by atoms with Gasteiger partial charge in [-0.15, -0.1) is 0 Å². The van der Waals surface area contributed by atoms with Crippen LogP contribution in [0.4, 0.5) is 0 Å². The van der Waals surface area contributed by atoms with E-state index >= 15 is 0 Å². The predicted octanol–water partition coefficient (Wildman–Crippen LogP) is 2.46. The van der Waals surface area contributed by atoms with Crippen LogP contribution in [0.25, 0.3) is 0 Å². The van der Waals surface area contributed by atoms with Crippen molar-refractivity contribution in [3.8, 4) is 0 Å². The third-order valence-electron chi connectivity index (χ3n) is 3.41. The van der Waals surface area contributed by atoms with E-state index in [4.69, 9.17) is 4.74 Å². The van der Waals surface area contributed by atoms with E-state index in [0.717, 1.165) is 24.4 Å². The van der Waals surface area contributed by atoms with Crippen LogP contribution in [0.5, 0.6) is 0 Å². The van der Waals surface area contributed by atoms with Crippen LogP contribution in [0.15, 0.2) is 0 Å². The summed E-state index contributed by atoms with van der Waals surface area (Å²) in [5, 5.41) is 0. The Labute approximate surface area is 69.1 Å². The lowest BCUT2D eigenvalue weighted by molar-refractivity contribution is 0.0494. The van der Waals surface area contributed by atoms with Crippen LogP contribution >= 0.6 is 0 Å². The van der Waals surface area contributed by atoms with Crippen molar-refractivity contribution in [1.82, 2.24) is 0 Å². The Balaban J connectivity index is 2.00. The number of fused-ring (bicyclic) bond motifs is 1. The Morgan fingerprint density at radius 1 is 1.18 bits per heavy atom. The summed E-state index contributed by atoms with van der Waals surface area (Å²) in [6.07, 6.45) is 4.77. The van der Waals surface area contributed by atoms with E-state index in [1.165, 1.54) is 19.3 Å². The van der Waals surface area contributed by atoms with Crippen molar-refractivity contribution < 1.29 is 4.74 Å². The minimum atomic E-state index is 0.619. The topological polar surface area (TPSA) is 9.23 Å². The highest BCUT2D eigenvalue weighted by atomic mass is 16.5. The van der Waals surface area contributed by atoms with Gasteiger partial charge in [-0.05, 0) is 30.6 Å². The summed E-state index contributed by atoms with van der Waals surface area (Å²) < 4.78 is 5.74. The summed E-state index contributed by atoms with van der Waals surface area (Å²) in [6, 6.07) is 0. The van der Waals surface area contributed by atoms with Crippen molar-refractivity contribution in [2.45, 2.75) is 39.2 Å². The van der Waals surface area contributed by atoms with Gasteiger partial charge in [0.1, 0.15) is 0 Å². The van der Waals surface area contributed by atoms with Crippen LogP contribution in [0.1, 0.15) is 33.1 Å². The van der Waals surface area contributed by atoms with Gasteiger partial charge in [0.05, 0.1) is 6.10 Å². The molecule has 2 rings (SSSR count). The monoisotopic (exact) mass is 154 g/mol. The van der Waals surface area contributed by atoms with Crippen LogP contribution in [0.3, 0.4) is 0 Å². The van der Waals surface area contributed by atoms with Crippen LogP contribution in [-0.2, 0) is 4.74 Å². The van der Waals surface area contributed by atoms with Gasteiger partial charge in [0.2, 0.25) is 0 Å². The van der Waals surface area contributed by atoms with Crippen LogP contribution in [0, 0.1) is 17.8 Å². The SMILES string of the molecule is CC1CO[C@@H]2C[C@H](C)CC[C@@H]12. The maximum Gasteiger partial charge on any atom is 0.0609 e. The number of rotatable bonds is 0. The van der Waals surface area contributed by atoms with Gasteiger partial charge < -0.3 is 4.74 Å². The van der Waals surface area contributed by atoms with Crippen LogP contribution < -0.4 is 0 Å². The van der Waals surface area contributed by atoms with Crippen molar-refractivity contribution in [3.63, 3.8) is 0 Å². The highest BCUT2D eigenvalue weighted by molar-refractivity contribution is 4.86. The third-order valence-corrected chi connectivity index (χ3v) is 3.41. The van der Waals surface area contributed by atoms with Gasteiger partial charge in [0.25, 0.3) is 0 Å². The lowest BCUT2D eigenvalue weighted by Gasteiger charge is -2.30. The summed E-state index contributed by atoms with van der Waals surface area (Å²) in [7, 11) is 0. The second-order valence-electron chi connectivity index (χ2n) is 4.43. The molecule has 0 amide bonds. The number of hydrogen-bond acceptors (Lipinski definition) is 1. The van der Waals surface area contributed by atoms with E-state index < -0.39 is 0 Å². The Kier molecular flexibility index (Phi) is 1.92. The van der Waals surface area contributed by atoms with Crippen molar-refractivity contribution in [2.24, 2.45) is 17.8 Å². The lowest BCUT2D eigenvalue weighted by Crippen LogP contribution is -2.27. The Morgan fingerprint density at radius 3 is 2.82 bits per heavy atom. The van der Waals surface area contributed by atoms with Crippen molar-refractivity contribution in [1.29, 1.82) is 0 Å². The molecule has 11 heavy (non-hydrogen) atoms. The largest absolute Gasteiger partial charge is 0.378 e. The zero-order valence-corrected chi connectivity index (χ0v) is 7.55. The second kappa shape index (κ2) is 2.78. The molecule has 1 saturated carbocycles. The van der Waals surface area contributed by atoms with Gasteiger partial charge in [0, 0.05) is 6.61 Å². The maximum atomic E-state index is 5.74. The van der Waals surface area contributed by atoms with E-state index in [1.54, 1.807) is 0 Å². The second-order valence-corrected chi connectivity index (χ2v) is 4.43. The van der Waals surface area contributed by atoms with Crippen LogP contribution in [-0.4, -0.2) is 12.7 Å². The predicted molar refractivity (Wildman–Crippen MR) is 45.4 cm³/mol. The van der Waals surface area contributed by atoms with Gasteiger partial charge in [-0.25, -0.2) is 0 Å². The van der Waals surface area contributed by atoms with E-state index in [9.17, 15) is 0 Å². The Morgan fingerprint density at radius 2 is 2.00 bits per heavy atom. The molecule has 1 saturated heterocycles. The molecular weight excluding hydrogens is 136 g/mol. The Hall–Kier alpha value is -0.0400. The molecule has 1 heterocycles. The molecule has 0 aromatic carbocycles. The third kappa shape index (κ3) is 1.31. The molecule has 0 spiro atoms. The fourth-order valence-corrected chi connectivity index (χ4v) is 2.59. The van der Waals surface area contributed by atoms with E-state index in [2.05, 4.69) is 13.8 Å². The molecule has 1 heteroatoms. The fourth-order valence-electron chi connectivity index (χ4n) is 2.59. The standard InChI is InChI=1S/C10H18O/c1-7-3-4-9-8(2)6-11-10(9)5-7/h7-10H,3-6H2,1-2H3/t7-,8?,9+,10-/m1/s1. The van der Waals surface area contributed by atoms with E-state index in [-0.39, 0.29) is 0 Å². The summed E-state index contributed by atoms with van der Waals surface area (Å²) in [6.45, 7) is 5.70. The molecule has 2 aliphatic rings. The van der Waals surface area contributed by atoms with Crippen molar-refractivity contribution in [2.75, 3.05) is 6.61 Å². The van der Waals surface area contributed by atoms with Gasteiger partial charge in [-0.3, -0.25) is 0 Å². The molecule has 1 aliphatic heterocycles. The molecule has 0 aromatic heterocycles. The molecule has 64 valence electrons. The van der Waals surface area contributed by atoms with Gasteiger partial charge >= 0.3 is 0 Å². The summed E-state index contributed by atoms with van der Waals surface area (Å²) in [5.41, 5.74) is 0. The van der Waals surface area contributed by atoms with Crippen molar-refractivity contribution >= 4 is 0 Å². The first-order chi connectivity index (χ1) is 5.27. The number of ether oxygens (including phenoxy) is 1. The molecule has 0 N–H and O–H groups in total. The van der Waals surface area contributed by atoms with E-state index in [1.807, 2.05) is 0 Å². The zero-order chi connectivity index (χ0) is 7.84. The highest BCUT2D eigenvalue weighted by Crippen LogP contribution is 2.39. The molecule has 1 aliphatic carbocycles. The minimum absolute atomic E-state index is 0.619. The smallest absolute Gasteiger partial charge is 0.0609 e. The van der Waals surface area contributed by atoms with Crippen molar-refractivity contribution in [3.05, 3.63) is 0 Å².